The maximum atomic E-state index is 11.7. The molecule has 0 bridgehead atoms. The van der Waals surface area contributed by atoms with E-state index in [0.717, 1.165) is 11.5 Å². The van der Waals surface area contributed by atoms with Gasteiger partial charge in [-0.3, -0.25) is 4.57 Å². The topological polar surface area (TPSA) is 54.2 Å². The SMILES string of the molecule is CN(C)Cc1nnc2n1-c1ccc(Cl)cc1C2(O)c1ccccc1Cl. The van der Waals surface area contributed by atoms with Crippen molar-refractivity contribution >= 4 is 23.2 Å². The van der Waals surface area contributed by atoms with Gasteiger partial charge in [0.1, 0.15) is 0 Å². The van der Waals surface area contributed by atoms with E-state index < -0.39 is 5.60 Å². The highest BCUT2D eigenvalue weighted by atomic mass is 35.5. The van der Waals surface area contributed by atoms with Gasteiger partial charge in [0, 0.05) is 21.2 Å². The molecule has 2 aromatic carbocycles. The van der Waals surface area contributed by atoms with Gasteiger partial charge in [-0.2, -0.15) is 0 Å². The minimum atomic E-state index is -1.50. The molecule has 25 heavy (non-hydrogen) atoms. The van der Waals surface area contributed by atoms with Crippen LogP contribution < -0.4 is 0 Å². The Hall–Kier alpha value is -1.92. The zero-order valence-electron chi connectivity index (χ0n) is 13.7. The van der Waals surface area contributed by atoms with E-state index >= 15 is 0 Å². The first kappa shape index (κ1) is 16.5. The number of nitrogens with zero attached hydrogens (tertiary/aromatic N) is 4. The lowest BCUT2D eigenvalue weighted by Crippen LogP contribution is -2.28. The van der Waals surface area contributed by atoms with Crippen LogP contribution in [-0.4, -0.2) is 38.9 Å². The Bertz CT molecular complexity index is 969. The van der Waals surface area contributed by atoms with Crippen LogP contribution in [0.2, 0.25) is 10.0 Å². The Morgan fingerprint density at radius 3 is 2.56 bits per heavy atom. The zero-order chi connectivity index (χ0) is 17.8. The van der Waals surface area contributed by atoms with Crippen molar-refractivity contribution in [2.75, 3.05) is 14.1 Å². The van der Waals surface area contributed by atoms with Crippen molar-refractivity contribution in [1.82, 2.24) is 19.7 Å². The summed E-state index contributed by atoms with van der Waals surface area (Å²) in [4.78, 5) is 2.00. The standard InChI is InChI=1S/C18H16Cl2N4O/c1-23(2)10-16-21-22-17-18(25,12-5-3-4-6-14(12)20)13-9-11(19)7-8-15(13)24(16)17/h3-9,25H,10H2,1-2H3. The lowest BCUT2D eigenvalue weighted by atomic mass is 9.87. The lowest BCUT2D eigenvalue weighted by Gasteiger charge is -2.24. The molecule has 7 heteroatoms. The minimum absolute atomic E-state index is 0.426. The average Bonchev–Trinajstić information content (AvgIpc) is 3.07. The molecule has 2 heterocycles. The molecule has 1 unspecified atom stereocenters. The second-order valence-electron chi connectivity index (χ2n) is 6.36. The molecule has 5 nitrogen and oxygen atoms in total. The van der Waals surface area contributed by atoms with Crippen LogP contribution in [0.1, 0.15) is 22.8 Å². The summed E-state index contributed by atoms with van der Waals surface area (Å²) >= 11 is 12.6. The average molecular weight is 375 g/mol. The highest BCUT2D eigenvalue weighted by molar-refractivity contribution is 6.31. The molecule has 0 radical (unpaired) electrons. The van der Waals surface area contributed by atoms with Gasteiger partial charge in [0.25, 0.3) is 0 Å². The molecule has 0 amide bonds. The fourth-order valence-electron chi connectivity index (χ4n) is 3.32. The summed E-state index contributed by atoms with van der Waals surface area (Å²) in [6.07, 6.45) is 0. The lowest BCUT2D eigenvalue weighted by molar-refractivity contribution is 0.122. The summed E-state index contributed by atoms with van der Waals surface area (Å²) in [6.45, 7) is 0.591. The summed E-state index contributed by atoms with van der Waals surface area (Å²) in [7, 11) is 3.92. The number of hydrogen-bond donors (Lipinski definition) is 1. The molecule has 1 N–H and O–H groups in total. The van der Waals surface area contributed by atoms with Crippen LogP contribution in [0, 0.1) is 0 Å². The number of rotatable bonds is 3. The largest absolute Gasteiger partial charge is 0.373 e. The van der Waals surface area contributed by atoms with Crippen molar-refractivity contribution < 1.29 is 5.11 Å². The summed E-state index contributed by atoms with van der Waals surface area (Å²) < 4.78 is 1.88. The summed E-state index contributed by atoms with van der Waals surface area (Å²) in [5.74, 6) is 1.17. The van der Waals surface area contributed by atoms with E-state index in [2.05, 4.69) is 10.2 Å². The van der Waals surface area contributed by atoms with Gasteiger partial charge in [-0.05, 0) is 38.4 Å². The predicted octanol–water partition coefficient (Wildman–Crippen LogP) is 3.23. The third-order valence-corrected chi connectivity index (χ3v) is 4.93. The molecule has 1 atom stereocenters. The molecule has 0 saturated carbocycles. The Morgan fingerprint density at radius 1 is 1.08 bits per heavy atom. The van der Waals surface area contributed by atoms with Crippen LogP contribution >= 0.6 is 23.2 Å². The number of fused-ring (bicyclic) bond motifs is 3. The summed E-state index contributed by atoms with van der Waals surface area (Å²) in [5.41, 5.74) is 0.514. The maximum absolute atomic E-state index is 11.7. The van der Waals surface area contributed by atoms with Gasteiger partial charge >= 0.3 is 0 Å². The van der Waals surface area contributed by atoms with Crippen molar-refractivity contribution in [2.45, 2.75) is 12.1 Å². The van der Waals surface area contributed by atoms with Crippen molar-refractivity contribution in [2.24, 2.45) is 0 Å². The normalized spacial score (nSPS) is 18.5. The third kappa shape index (κ3) is 2.39. The monoisotopic (exact) mass is 374 g/mol. The number of hydrogen-bond acceptors (Lipinski definition) is 4. The second-order valence-corrected chi connectivity index (χ2v) is 7.21. The third-order valence-electron chi connectivity index (χ3n) is 4.36. The number of aromatic nitrogens is 3. The van der Waals surface area contributed by atoms with Crippen LogP contribution in [0.15, 0.2) is 42.5 Å². The number of benzene rings is 2. The predicted molar refractivity (Wildman–Crippen MR) is 97.3 cm³/mol. The van der Waals surface area contributed by atoms with Gasteiger partial charge in [0.2, 0.25) is 0 Å². The van der Waals surface area contributed by atoms with Crippen LogP contribution in [0.25, 0.3) is 5.69 Å². The van der Waals surface area contributed by atoms with Crippen LogP contribution in [0.5, 0.6) is 0 Å². The molecule has 0 spiro atoms. The van der Waals surface area contributed by atoms with E-state index in [9.17, 15) is 5.11 Å². The van der Waals surface area contributed by atoms with Crippen molar-refractivity contribution in [3.63, 3.8) is 0 Å². The molecule has 0 aliphatic carbocycles. The van der Waals surface area contributed by atoms with Crippen LogP contribution in [-0.2, 0) is 12.1 Å². The second kappa shape index (κ2) is 5.81. The van der Waals surface area contributed by atoms with Crippen molar-refractivity contribution in [3.05, 3.63) is 75.3 Å². The van der Waals surface area contributed by atoms with Gasteiger partial charge < -0.3 is 10.0 Å². The zero-order valence-corrected chi connectivity index (χ0v) is 15.3. The smallest absolute Gasteiger partial charge is 0.179 e. The Morgan fingerprint density at radius 2 is 1.84 bits per heavy atom. The van der Waals surface area contributed by atoms with E-state index in [-0.39, 0.29) is 0 Å². The molecular formula is C18H16Cl2N4O. The van der Waals surface area contributed by atoms with E-state index in [1.165, 1.54) is 0 Å². The molecule has 3 aromatic rings. The maximum Gasteiger partial charge on any atom is 0.179 e. The van der Waals surface area contributed by atoms with E-state index in [4.69, 9.17) is 23.2 Å². The molecular weight excluding hydrogens is 359 g/mol. The quantitative estimate of drug-likeness (QED) is 0.764. The molecule has 0 saturated heterocycles. The first-order valence-corrected chi connectivity index (χ1v) is 8.56. The fraction of sp³-hybridized carbons (Fsp3) is 0.222. The molecule has 1 aliphatic heterocycles. The van der Waals surface area contributed by atoms with Crippen LogP contribution in [0.4, 0.5) is 0 Å². The van der Waals surface area contributed by atoms with Gasteiger partial charge in [-0.1, -0.05) is 41.4 Å². The van der Waals surface area contributed by atoms with Gasteiger partial charge in [-0.25, -0.2) is 0 Å². The first-order valence-electron chi connectivity index (χ1n) is 7.80. The fourth-order valence-corrected chi connectivity index (χ4v) is 3.77. The highest BCUT2D eigenvalue weighted by Gasteiger charge is 2.48. The van der Waals surface area contributed by atoms with Crippen LogP contribution in [0.3, 0.4) is 0 Å². The summed E-state index contributed by atoms with van der Waals surface area (Å²) in [6, 6.07) is 12.6. The highest BCUT2D eigenvalue weighted by Crippen LogP contribution is 2.47. The van der Waals surface area contributed by atoms with Gasteiger partial charge in [0.05, 0.1) is 12.2 Å². The summed E-state index contributed by atoms with van der Waals surface area (Å²) in [5, 5.41) is 21.3. The van der Waals surface area contributed by atoms with Crippen molar-refractivity contribution in [3.8, 4) is 5.69 Å². The molecule has 128 valence electrons. The first-order chi connectivity index (χ1) is 11.9. The molecule has 1 aromatic heterocycles. The van der Waals surface area contributed by atoms with E-state index in [1.54, 1.807) is 24.3 Å². The van der Waals surface area contributed by atoms with Gasteiger partial charge in [-0.15, -0.1) is 10.2 Å². The molecule has 1 aliphatic rings. The van der Waals surface area contributed by atoms with E-state index in [0.29, 0.717) is 33.5 Å². The van der Waals surface area contributed by atoms with Gasteiger partial charge in [0.15, 0.2) is 17.2 Å². The number of aliphatic hydroxyl groups is 1. The van der Waals surface area contributed by atoms with E-state index in [1.807, 2.05) is 41.8 Å². The minimum Gasteiger partial charge on any atom is -0.373 e. The Kier molecular flexibility index (Phi) is 3.85. The van der Waals surface area contributed by atoms with Crippen molar-refractivity contribution in [1.29, 1.82) is 0 Å². The Labute approximate surface area is 155 Å². The molecule has 0 fully saturated rings. The molecule has 4 rings (SSSR count). The number of halogens is 2. The Balaban J connectivity index is 2.04.